The van der Waals surface area contributed by atoms with Crippen molar-refractivity contribution in [3.8, 4) is 0 Å². The third-order valence-corrected chi connectivity index (χ3v) is 9.08. The molecule has 6 rings (SSSR count). The van der Waals surface area contributed by atoms with E-state index in [1.165, 1.54) is 57.8 Å². The molecule has 38 heavy (non-hydrogen) atoms. The standard InChI is InChI=1S/C31H38N4O3/c36-30-29(33-28(31(37)38)21-11-5-4-6-12-21)32-26-15-9-10-16-27(26)35(30)25-19-23-17-18-24(20-25)34(23)22-13-7-2-1-3-8-14-22/h4-6,9-12,15-16,22-25,28H,1-3,7-8,13-14,17-20H2,(H,32,33)(H,37,38)/t23-,24+,25?,28-/m0/s1. The summed E-state index contributed by atoms with van der Waals surface area (Å²) in [4.78, 5) is 33.7. The summed E-state index contributed by atoms with van der Waals surface area (Å²) in [5.74, 6) is -0.933. The van der Waals surface area contributed by atoms with Crippen molar-refractivity contribution < 1.29 is 9.90 Å². The zero-order valence-corrected chi connectivity index (χ0v) is 22.0. The van der Waals surface area contributed by atoms with Gasteiger partial charge in [0.25, 0.3) is 5.56 Å². The molecule has 2 aromatic carbocycles. The molecule has 2 bridgehead atoms. The van der Waals surface area contributed by atoms with E-state index in [1.54, 1.807) is 24.3 Å². The molecule has 1 aliphatic carbocycles. The first-order valence-corrected chi connectivity index (χ1v) is 14.4. The highest BCUT2D eigenvalue weighted by Gasteiger charge is 2.44. The van der Waals surface area contributed by atoms with E-state index in [0.29, 0.717) is 29.2 Å². The van der Waals surface area contributed by atoms with E-state index in [9.17, 15) is 14.7 Å². The summed E-state index contributed by atoms with van der Waals surface area (Å²) < 4.78 is 1.93. The number of hydrogen-bond acceptors (Lipinski definition) is 5. The smallest absolute Gasteiger partial charge is 0.330 e. The second kappa shape index (κ2) is 10.9. The van der Waals surface area contributed by atoms with Crippen LogP contribution in [0.3, 0.4) is 0 Å². The van der Waals surface area contributed by atoms with Crippen LogP contribution in [0.4, 0.5) is 5.82 Å². The Labute approximate surface area is 223 Å². The van der Waals surface area contributed by atoms with Crippen molar-refractivity contribution >= 4 is 22.8 Å². The van der Waals surface area contributed by atoms with Crippen LogP contribution in [-0.4, -0.2) is 43.7 Å². The Morgan fingerprint density at radius 1 is 0.816 bits per heavy atom. The third-order valence-electron chi connectivity index (χ3n) is 9.08. The summed E-state index contributed by atoms with van der Waals surface area (Å²) >= 11 is 0. The molecular weight excluding hydrogens is 476 g/mol. The average molecular weight is 515 g/mol. The van der Waals surface area contributed by atoms with E-state index in [2.05, 4.69) is 15.2 Å². The molecule has 200 valence electrons. The van der Waals surface area contributed by atoms with Crippen molar-refractivity contribution in [1.82, 2.24) is 14.5 Å². The summed E-state index contributed by atoms with van der Waals surface area (Å²) in [5.41, 5.74) is 1.90. The van der Waals surface area contributed by atoms with Gasteiger partial charge in [0.05, 0.1) is 11.0 Å². The number of carbonyl (C=O) groups is 1. The molecule has 2 saturated heterocycles. The minimum absolute atomic E-state index is 0.0817. The SMILES string of the molecule is O=C(O)[C@@H](Nc1nc2ccccc2n(C2C[C@H]3CC[C@@H](C2)N3C2CCCCCCC2)c1=O)c1ccccc1. The fourth-order valence-corrected chi connectivity index (χ4v) is 7.40. The summed E-state index contributed by atoms with van der Waals surface area (Å²) in [5, 5.41) is 13.0. The van der Waals surface area contributed by atoms with Gasteiger partial charge in [0.15, 0.2) is 11.9 Å². The Bertz CT molecular complexity index is 1320. The molecule has 3 aliphatic rings. The molecule has 2 N–H and O–H groups in total. The summed E-state index contributed by atoms with van der Waals surface area (Å²) in [6, 6.07) is 17.5. The number of aliphatic carboxylic acids is 1. The predicted octanol–water partition coefficient (Wildman–Crippen LogP) is 5.92. The van der Waals surface area contributed by atoms with Crippen LogP contribution >= 0.6 is 0 Å². The highest BCUT2D eigenvalue weighted by atomic mass is 16.4. The second-order valence-corrected chi connectivity index (χ2v) is 11.4. The van der Waals surface area contributed by atoms with Gasteiger partial charge in [-0.3, -0.25) is 9.69 Å². The number of piperidine rings is 1. The molecule has 7 nitrogen and oxygen atoms in total. The van der Waals surface area contributed by atoms with Crippen LogP contribution in [0.1, 0.15) is 88.3 Å². The zero-order valence-electron chi connectivity index (χ0n) is 22.0. The van der Waals surface area contributed by atoms with Crippen molar-refractivity contribution in [2.45, 2.75) is 101 Å². The van der Waals surface area contributed by atoms with Crippen LogP contribution in [0.25, 0.3) is 11.0 Å². The first kappa shape index (κ1) is 25.1. The van der Waals surface area contributed by atoms with Gasteiger partial charge in [0.1, 0.15) is 0 Å². The van der Waals surface area contributed by atoms with Crippen LogP contribution in [0.5, 0.6) is 0 Å². The topological polar surface area (TPSA) is 87.5 Å². The van der Waals surface area contributed by atoms with E-state index in [4.69, 9.17) is 0 Å². The van der Waals surface area contributed by atoms with Crippen LogP contribution in [-0.2, 0) is 4.79 Å². The van der Waals surface area contributed by atoms with Crippen molar-refractivity contribution in [3.63, 3.8) is 0 Å². The Morgan fingerprint density at radius 2 is 1.45 bits per heavy atom. The van der Waals surface area contributed by atoms with Gasteiger partial charge in [0.2, 0.25) is 0 Å². The van der Waals surface area contributed by atoms with Crippen molar-refractivity contribution in [2.24, 2.45) is 0 Å². The number of rotatable bonds is 6. The first-order valence-electron chi connectivity index (χ1n) is 14.4. The number of carboxylic acid groups (broad SMARTS) is 1. The molecule has 3 fully saturated rings. The van der Waals surface area contributed by atoms with Gasteiger partial charge < -0.3 is 15.0 Å². The lowest BCUT2D eigenvalue weighted by Gasteiger charge is -2.45. The van der Waals surface area contributed by atoms with Crippen molar-refractivity contribution in [1.29, 1.82) is 0 Å². The normalized spacial score (nSPS) is 25.5. The molecule has 2 aliphatic heterocycles. The van der Waals surface area contributed by atoms with E-state index >= 15 is 0 Å². The van der Waals surface area contributed by atoms with Crippen LogP contribution in [0, 0.1) is 0 Å². The van der Waals surface area contributed by atoms with Gasteiger partial charge >= 0.3 is 5.97 Å². The first-order chi connectivity index (χ1) is 18.6. The van der Waals surface area contributed by atoms with Gasteiger partial charge in [0, 0.05) is 24.2 Å². The van der Waals surface area contributed by atoms with Crippen molar-refractivity contribution in [3.05, 3.63) is 70.5 Å². The number of fused-ring (bicyclic) bond motifs is 3. The molecule has 3 aromatic rings. The summed E-state index contributed by atoms with van der Waals surface area (Å²) in [6.45, 7) is 0. The summed E-state index contributed by atoms with van der Waals surface area (Å²) in [6.07, 6.45) is 13.7. The Morgan fingerprint density at radius 3 is 2.13 bits per heavy atom. The molecule has 3 heterocycles. The molecule has 4 atom stereocenters. The monoisotopic (exact) mass is 514 g/mol. The highest BCUT2D eigenvalue weighted by Crippen LogP contribution is 2.44. The van der Waals surface area contributed by atoms with Crippen LogP contribution < -0.4 is 10.9 Å². The van der Waals surface area contributed by atoms with E-state index < -0.39 is 12.0 Å². The number of nitrogens with zero attached hydrogens (tertiary/aromatic N) is 3. The van der Waals surface area contributed by atoms with Gasteiger partial charge in [-0.05, 0) is 56.2 Å². The van der Waals surface area contributed by atoms with E-state index in [1.807, 2.05) is 34.9 Å². The fraction of sp³-hybridized carbons (Fsp3) is 0.516. The largest absolute Gasteiger partial charge is 0.479 e. The van der Waals surface area contributed by atoms with E-state index in [0.717, 1.165) is 18.4 Å². The van der Waals surface area contributed by atoms with Gasteiger partial charge in [-0.1, -0.05) is 74.6 Å². The molecule has 1 aromatic heterocycles. The van der Waals surface area contributed by atoms with Crippen molar-refractivity contribution in [2.75, 3.05) is 5.32 Å². The molecule has 0 radical (unpaired) electrons. The lowest BCUT2D eigenvalue weighted by atomic mass is 9.89. The van der Waals surface area contributed by atoms with Gasteiger partial charge in [-0.15, -0.1) is 0 Å². The van der Waals surface area contributed by atoms with Crippen LogP contribution in [0.2, 0.25) is 0 Å². The zero-order chi connectivity index (χ0) is 26.1. The maximum atomic E-state index is 14.0. The van der Waals surface area contributed by atoms with E-state index in [-0.39, 0.29) is 17.4 Å². The molecular formula is C31H38N4O3. The lowest BCUT2D eigenvalue weighted by molar-refractivity contribution is -0.138. The minimum Gasteiger partial charge on any atom is -0.479 e. The van der Waals surface area contributed by atoms with Gasteiger partial charge in [-0.25, -0.2) is 9.78 Å². The number of aromatic nitrogens is 2. The molecule has 7 heteroatoms. The Hall–Kier alpha value is -3.19. The highest BCUT2D eigenvalue weighted by molar-refractivity contribution is 5.80. The average Bonchev–Trinajstić information content (AvgIpc) is 3.16. The minimum atomic E-state index is -1.05. The molecule has 1 unspecified atom stereocenters. The number of hydrogen-bond donors (Lipinski definition) is 2. The molecule has 0 spiro atoms. The number of carboxylic acids is 1. The molecule has 0 amide bonds. The Kier molecular flexibility index (Phi) is 7.20. The number of para-hydroxylation sites is 2. The maximum Gasteiger partial charge on any atom is 0.330 e. The summed E-state index contributed by atoms with van der Waals surface area (Å²) in [7, 11) is 0. The quantitative estimate of drug-likeness (QED) is 0.425. The Balaban J connectivity index is 1.33. The second-order valence-electron chi connectivity index (χ2n) is 11.4. The number of nitrogens with one attached hydrogen (secondary N) is 1. The lowest BCUT2D eigenvalue weighted by Crippen LogP contribution is -2.50. The predicted molar refractivity (Wildman–Crippen MR) is 149 cm³/mol. The van der Waals surface area contributed by atoms with Crippen LogP contribution in [0.15, 0.2) is 59.4 Å². The fourth-order valence-electron chi connectivity index (χ4n) is 7.40. The molecule has 1 saturated carbocycles. The third kappa shape index (κ3) is 4.84. The number of benzene rings is 2. The van der Waals surface area contributed by atoms with Gasteiger partial charge in [-0.2, -0.15) is 0 Å². The maximum absolute atomic E-state index is 14.0. The number of anilines is 1.